The molecule has 0 fully saturated rings. The number of carboxylic acids is 1. The van der Waals surface area contributed by atoms with Gasteiger partial charge in [0.1, 0.15) is 6.61 Å². The predicted octanol–water partition coefficient (Wildman–Crippen LogP) is 2.44. The fourth-order valence-corrected chi connectivity index (χ4v) is 3.52. The predicted molar refractivity (Wildman–Crippen MR) is 90.5 cm³/mol. The van der Waals surface area contributed by atoms with E-state index >= 15 is 0 Å². The lowest BCUT2D eigenvalue weighted by molar-refractivity contribution is -0.137. The molecule has 0 unspecified atom stereocenters. The topological polar surface area (TPSA) is 98.4 Å². The highest BCUT2D eigenvalue weighted by Gasteiger charge is 2.25. The van der Waals surface area contributed by atoms with Crippen molar-refractivity contribution in [2.24, 2.45) is 0 Å². The fraction of sp³-hybridized carbons (Fsp3) is 0.250. The van der Waals surface area contributed by atoms with Gasteiger partial charge in [0, 0.05) is 5.56 Å². The third-order valence-corrected chi connectivity index (χ3v) is 4.67. The first kappa shape index (κ1) is 16.9. The molecule has 2 aromatic rings. The summed E-state index contributed by atoms with van der Waals surface area (Å²) in [5.41, 5.74) is 4.25. The number of aliphatic carboxylic acids is 1. The van der Waals surface area contributed by atoms with Crippen LogP contribution < -0.4 is 0 Å². The lowest BCUT2D eigenvalue weighted by Gasteiger charge is -2.16. The van der Waals surface area contributed by atoms with E-state index in [0.717, 1.165) is 22.3 Å². The minimum Gasteiger partial charge on any atom is -0.481 e. The Morgan fingerprint density at radius 2 is 1.92 bits per heavy atom. The molecule has 0 radical (unpaired) electrons. The van der Waals surface area contributed by atoms with Crippen LogP contribution in [0, 0.1) is 11.3 Å². The highest BCUT2D eigenvalue weighted by molar-refractivity contribution is 5.99. The van der Waals surface area contributed by atoms with Crippen LogP contribution in [0.2, 0.25) is 0 Å². The molecule has 1 aliphatic rings. The number of benzene rings is 2. The number of ketones is 1. The third kappa shape index (κ3) is 3.30. The Bertz CT molecular complexity index is 895. The molecule has 0 amide bonds. The third-order valence-electron chi connectivity index (χ3n) is 4.67. The zero-order chi connectivity index (χ0) is 18.0. The van der Waals surface area contributed by atoms with Gasteiger partial charge in [0.25, 0.3) is 0 Å². The van der Waals surface area contributed by atoms with Gasteiger partial charge in [-0.15, -0.1) is 0 Å². The number of carboxylic acid groups (broad SMARTS) is 1. The standard InChI is InChI=1S/C20H17NO4/c21-10-16-7-13-6-15(9-20(24)25)17-4-2-1-3-12(17)5-14(13)8-18(16)19(23)11-22/h1-4,7-8,15,22H,5-6,9,11H2,(H,24,25)/t15-/m0/s1. The Morgan fingerprint density at radius 3 is 2.60 bits per heavy atom. The second-order valence-electron chi connectivity index (χ2n) is 6.23. The van der Waals surface area contributed by atoms with Crippen molar-refractivity contribution in [2.45, 2.75) is 25.2 Å². The molecule has 126 valence electrons. The van der Waals surface area contributed by atoms with Crippen molar-refractivity contribution in [3.8, 4) is 6.07 Å². The van der Waals surface area contributed by atoms with E-state index in [2.05, 4.69) is 0 Å². The maximum Gasteiger partial charge on any atom is 0.303 e. The molecule has 2 aromatic carbocycles. The second-order valence-corrected chi connectivity index (χ2v) is 6.23. The first-order valence-electron chi connectivity index (χ1n) is 8.03. The van der Waals surface area contributed by atoms with E-state index in [9.17, 15) is 20.0 Å². The van der Waals surface area contributed by atoms with Gasteiger partial charge in [-0.3, -0.25) is 9.59 Å². The number of hydrogen-bond acceptors (Lipinski definition) is 4. The quantitative estimate of drug-likeness (QED) is 0.836. The smallest absolute Gasteiger partial charge is 0.303 e. The molecule has 3 rings (SSSR count). The molecule has 0 saturated heterocycles. The number of carbonyl (C=O) groups excluding carboxylic acids is 1. The molecule has 0 spiro atoms. The number of rotatable bonds is 4. The maximum atomic E-state index is 11.9. The Labute approximate surface area is 145 Å². The number of aliphatic hydroxyl groups is 1. The first-order valence-corrected chi connectivity index (χ1v) is 8.03. The van der Waals surface area contributed by atoms with Crippen molar-refractivity contribution in [1.82, 2.24) is 0 Å². The van der Waals surface area contributed by atoms with Crippen LogP contribution in [0.15, 0.2) is 36.4 Å². The highest BCUT2D eigenvalue weighted by Crippen LogP contribution is 2.35. The van der Waals surface area contributed by atoms with Crippen LogP contribution in [-0.4, -0.2) is 28.6 Å². The molecule has 0 aromatic heterocycles. The molecule has 1 atom stereocenters. The van der Waals surface area contributed by atoms with E-state index in [0.29, 0.717) is 12.8 Å². The van der Waals surface area contributed by atoms with Crippen LogP contribution in [0.5, 0.6) is 0 Å². The molecule has 25 heavy (non-hydrogen) atoms. The molecule has 1 aliphatic carbocycles. The summed E-state index contributed by atoms with van der Waals surface area (Å²) in [6, 6.07) is 13.1. The van der Waals surface area contributed by atoms with Crippen molar-refractivity contribution in [3.63, 3.8) is 0 Å². The second kappa shape index (κ2) is 6.88. The molecule has 5 heteroatoms. The van der Waals surface area contributed by atoms with Crippen molar-refractivity contribution >= 4 is 11.8 Å². The van der Waals surface area contributed by atoms with Gasteiger partial charge in [0.05, 0.1) is 18.1 Å². The van der Waals surface area contributed by atoms with E-state index in [1.807, 2.05) is 30.3 Å². The lowest BCUT2D eigenvalue weighted by Crippen LogP contribution is -2.11. The summed E-state index contributed by atoms with van der Waals surface area (Å²) >= 11 is 0. The summed E-state index contributed by atoms with van der Waals surface area (Å²) in [7, 11) is 0. The van der Waals surface area contributed by atoms with Gasteiger partial charge in [0.2, 0.25) is 0 Å². The van der Waals surface area contributed by atoms with Crippen LogP contribution in [0.3, 0.4) is 0 Å². The number of carbonyl (C=O) groups is 2. The fourth-order valence-electron chi connectivity index (χ4n) is 3.52. The molecule has 0 heterocycles. The zero-order valence-electron chi connectivity index (χ0n) is 13.5. The minimum absolute atomic E-state index is 0.00959. The summed E-state index contributed by atoms with van der Waals surface area (Å²) in [6.07, 6.45) is 1.08. The van der Waals surface area contributed by atoms with Crippen molar-refractivity contribution in [1.29, 1.82) is 5.26 Å². The van der Waals surface area contributed by atoms with Gasteiger partial charge in [-0.1, -0.05) is 24.3 Å². The Kier molecular flexibility index (Phi) is 4.64. The van der Waals surface area contributed by atoms with Gasteiger partial charge in [0.15, 0.2) is 5.78 Å². The van der Waals surface area contributed by atoms with E-state index in [1.54, 1.807) is 12.1 Å². The summed E-state index contributed by atoms with van der Waals surface area (Å²) in [5.74, 6) is -1.53. The normalized spacial score (nSPS) is 15.4. The SMILES string of the molecule is N#Cc1cc2c(cc1C(=O)CO)Cc1ccccc1[C@H](CC(=O)O)C2. The summed E-state index contributed by atoms with van der Waals surface area (Å²) < 4.78 is 0. The Balaban J connectivity index is 2.15. The maximum absolute atomic E-state index is 11.9. The monoisotopic (exact) mass is 335 g/mol. The minimum atomic E-state index is -0.865. The molecule has 2 N–H and O–H groups in total. The first-order chi connectivity index (χ1) is 12.0. The van der Waals surface area contributed by atoms with Crippen molar-refractivity contribution in [3.05, 3.63) is 69.8 Å². The lowest BCUT2D eigenvalue weighted by atomic mass is 9.88. The summed E-state index contributed by atoms with van der Waals surface area (Å²) in [4.78, 5) is 23.2. The van der Waals surface area contributed by atoms with Crippen LogP contribution >= 0.6 is 0 Å². The van der Waals surface area contributed by atoms with Crippen molar-refractivity contribution < 1.29 is 19.8 Å². The molecule has 5 nitrogen and oxygen atoms in total. The molecule has 0 saturated carbocycles. The van der Waals surface area contributed by atoms with Crippen LogP contribution in [0.25, 0.3) is 0 Å². The van der Waals surface area contributed by atoms with E-state index in [1.165, 1.54) is 0 Å². The Hall–Kier alpha value is -2.97. The van der Waals surface area contributed by atoms with Gasteiger partial charge in [-0.25, -0.2) is 0 Å². The van der Waals surface area contributed by atoms with E-state index in [-0.39, 0.29) is 23.5 Å². The molecular weight excluding hydrogens is 318 g/mol. The van der Waals surface area contributed by atoms with Gasteiger partial charge >= 0.3 is 5.97 Å². The van der Waals surface area contributed by atoms with Gasteiger partial charge in [-0.05, 0) is 53.1 Å². The van der Waals surface area contributed by atoms with Crippen LogP contribution in [0.4, 0.5) is 0 Å². The number of nitriles is 1. The molecule has 0 aliphatic heterocycles. The summed E-state index contributed by atoms with van der Waals surface area (Å²) in [6.45, 7) is -0.647. The van der Waals surface area contributed by atoms with Gasteiger partial charge in [-0.2, -0.15) is 5.26 Å². The number of Topliss-reactive ketones (excluding diaryl/α,β-unsaturated/α-hetero) is 1. The molecule has 0 bridgehead atoms. The number of hydrogen-bond donors (Lipinski definition) is 2. The average Bonchev–Trinajstić information content (AvgIpc) is 2.75. The number of aliphatic hydroxyl groups excluding tert-OH is 1. The largest absolute Gasteiger partial charge is 0.481 e. The zero-order valence-corrected chi connectivity index (χ0v) is 13.5. The van der Waals surface area contributed by atoms with Crippen LogP contribution in [-0.2, 0) is 17.6 Å². The van der Waals surface area contributed by atoms with Gasteiger partial charge < -0.3 is 10.2 Å². The van der Waals surface area contributed by atoms with E-state index in [4.69, 9.17) is 5.11 Å². The number of fused-ring (bicyclic) bond motifs is 2. The Morgan fingerprint density at radius 1 is 1.16 bits per heavy atom. The number of nitrogens with zero attached hydrogens (tertiary/aromatic N) is 1. The van der Waals surface area contributed by atoms with Crippen LogP contribution in [0.1, 0.15) is 50.5 Å². The average molecular weight is 335 g/mol. The van der Waals surface area contributed by atoms with Crippen molar-refractivity contribution in [2.75, 3.05) is 6.61 Å². The van der Waals surface area contributed by atoms with E-state index < -0.39 is 18.4 Å². The summed E-state index contributed by atoms with van der Waals surface area (Å²) in [5, 5.41) is 27.7. The highest BCUT2D eigenvalue weighted by atomic mass is 16.4. The molecular formula is C20H17NO4.